The molecule has 4 rings (SSSR count). The van der Waals surface area contributed by atoms with E-state index in [-0.39, 0.29) is 5.91 Å². The number of halogens is 1. The minimum atomic E-state index is -0.0145. The van der Waals surface area contributed by atoms with E-state index in [1.165, 1.54) is 4.88 Å². The Hall–Kier alpha value is -2.15. The first-order valence-electron chi connectivity index (χ1n) is 9.03. The highest BCUT2D eigenvalue weighted by molar-refractivity contribution is 7.10. The van der Waals surface area contributed by atoms with E-state index in [9.17, 15) is 4.79 Å². The number of hydrogen-bond donors (Lipinski definition) is 1. The number of likely N-dealkylation sites (tertiary alicyclic amines) is 1. The highest BCUT2D eigenvalue weighted by atomic mass is 35.5. The molecule has 0 radical (unpaired) electrons. The molecule has 1 saturated heterocycles. The summed E-state index contributed by atoms with van der Waals surface area (Å²) < 4.78 is 1.76. The van der Waals surface area contributed by atoms with Crippen molar-refractivity contribution in [2.45, 2.75) is 25.4 Å². The van der Waals surface area contributed by atoms with Gasteiger partial charge in [-0.1, -0.05) is 35.9 Å². The molecule has 1 unspecified atom stereocenters. The summed E-state index contributed by atoms with van der Waals surface area (Å²) in [4.78, 5) is 16.2. The van der Waals surface area contributed by atoms with Crippen LogP contribution in [0, 0.1) is 0 Å². The normalized spacial score (nSPS) is 17.3. The maximum absolute atomic E-state index is 12.6. The molecule has 27 heavy (non-hydrogen) atoms. The highest BCUT2D eigenvalue weighted by Crippen LogP contribution is 2.34. The molecule has 1 aromatic carbocycles. The number of anilines is 1. The van der Waals surface area contributed by atoms with E-state index in [0.717, 1.165) is 24.9 Å². The molecule has 1 aliphatic heterocycles. The van der Waals surface area contributed by atoms with Crippen LogP contribution in [-0.4, -0.2) is 33.7 Å². The molecule has 1 aliphatic rings. The zero-order chi connectivity index (χ0) is 18.6. The van der Waals surface area contributed by atoms with E-state index in [2.05, 4.69) is 32.8 Å². The number of nitrogens with one attached hydrogen (secondary N) is 1. The zero-order valence-corrected chi connectivity index (χ0v) is 16.4. The first kappa shape index (κ1) is 18.2. The Morgan fingerprint density at radius 2 is 2.15 bits per heavy atom. The number of nitrogens with zero attached hydrogens (tertiary/aromatic N) is 3. The molecular weight excluding hydrogens is 380 g/mol. The summed E-state index contributed by atoms with van der Waals surface area (Å²) in [7, 11) is 0. The molecular formula is C20H21ClN4OS. The third-order valence-electron chi connectivity index (χ3n) is 4.84. The van der Waals surface area contributed by atoms with Crippen molar-refractivity contribution in [2.75, 3.05) is 18.4 Å². The molecule has 0 saturated carbocycles. The Bertz CT molecular complexity index is 908. The minimum absolute atomic E-state index is 0.0145. The maximum Gasteiger partial charge on any atom is 0.239 e. The molecule has 0 spiro atoms. The second-order valence-electron chi connectivity index (χ2n) is 6.66. The van der Waals surface area contributed by atoms with Crippen LogP contribution < -0.4 is 5.32 Å². The van der Waals surface area contributed by atoms with Crippen LogP contribution in [0.1, 0.15) is 29.3 Å². The van der Waals surface area contributed by atoms with Gasteiger partial charge in [0.1, 0.15) is 5.82 Å². The van der Waals surface area contributed by atoms with Crippen molar-refractivity contribution in [2.24, 2.45) is 0 Å². The summed E-state index contributed by atoms with van der Waals surface area (Å²) in [5.74, 6) is 0.672. The monoisotopic (exact) mass is 400 g/mol. The molecule has 1 amide bonds. The van der Waals surface area contributed by atoms with Crippen molar-refractivity contribution in [3.63, 3.8) is 0 Å². The lowest BCUT2D eigenvalue weighted by Gasteiger charge is -2.23. The number of aromatic nitrogens is 2. The van der Waals surface area contributed by atoms with Gasteiger partial charge in [-0.2, -0.15) is 5.10 Å². The van der Waals surface area contributed by atoms with Gasteiger partial charge in [-0.3, -0.25) is 9.69 Å². The van der Waals surface area contributed by atoms with Crippen LogP contribution in [0.2, 0.25) is 5.02 Å². The summed E-state index contributed by atoms with van der Waals surface area (Å²) in [5, 5.41) is 10.1. The van der Waals surface area contributed by atoms with Crippen molar-refractivity contribution in [1.29, 1.82) is 0 Å². The van der Waals surface area contributed by atoms with Gasteiger partial charge < -0.3 is 5.32 Å². The largest absolute Gasteiger partial charge is 0.310 e. The van der Waals surface area contributed by atoms with E-state index >= 15 is 0 Å². The predicted molar refractivity (Wildman–Crippen MR) is 109 cm³/mol. The molecule has 2 aromatic heterocycles. The van der Waals surface area contributed by atoms with Crippen LogP contribution in [0.5, 0.6) is 0 Å². The van der Waals surface area contributed by atoms with Crippen molar-refractivity contribution < 1.29 is 4.79 Å². The zero-order valence-electron chi connectivity index (χ0n) is 14.8. The Balaban J connectivity index is 1.40. The van der Waals surface area contributed by atoms with Gasteiger partial charge in [0.25, 0.3) is 0 Å². The quantitative estimate of drug-likeness (QED) is 0.666. The van der Waals surface area contributed by atoms with Crippen molar-refractivity contribution in [1.82, 2.24) is 14.7 Å². The SMILES string of the molecule is O=C(CN1CCCC1c1cccs1)Nc1ccnn1Cc1ccccc1Cl. The van der Waals surface area contributed by atoms with E-state index in [0.29, 0.717) is 30.0 Å². The van der Waals surface area contributed by atoms with Gasteiger partial charge in [0, 0.05) is 22.0 Å². The highest BCUT2D eigenvalue weighted by Gasteiger charge is 2.28. The van der Waals surface area contributed by atoms with Crippen molar-refractivity contribution in [3.8, 4) is 0 Å². The first-order chi connectivity index (χ1) is 13.2. The van der Waals surface area contributed by atoms with Crippen LogP contribution in [0.4, 0.5) is 5.82 Å². The van der Waals surface area contributed by atoms with Gasteiger partial charge in [-0.15, -0.1) is 11.3 Å². The Labute approximate surface area is 167 Å². The second kappa shape index (κ2) is 8.25. The van der Waals surface area contributed by atoms with E-state index in [1.807, 2.05) is 30.3 Å². The van der Waals surface area contributed by atoms with Crippen LogP contribution >= 0.6 is 22.9 Å². The third kappa shape index (κ3) is 4.24. The van der Waals surface area contributed by atoms with Gasteiger partial charge in [0.15, 0.2) is 0 Å². The Kier molecular flexibility index (Phi) is 5.57. The summed E-state index contributed by atoms with van der Waals surface area (Å²) in [6.45, 7) is 1.86. The number of carbonyl (C=O) groups excluding carboxylic acids is 1. The smallest absolute Gasteiger partial charge is 0.239 e. The number of carbonyl (C=O) groups is 1. The van der Waals surface area contributed by atoms with Crippen LogP contribution in [0.15, 0.2) is 54.0 Å². The van der Waals surface area contributed by atoms with Gasteiger partial charge in [-0.25, -0.2) is 4.68 Å². The fourth-order valence-corrected chi connectivity index (χ4v) is 4.63. The molecule has 140 valence electrons. The molecule has 0 bridgehead atoms. The number of thiophene rings is 1. The summed E-state index contributed by atoms with van der Waals surface area (Å²) in [6, 6.07) is 14.1. The minimum Gasteiger partial charge on any atom is -0.310 e. The molecule has 1 fully saturated rings. The molecule has 1 N–H and O–H groups in total. The Morgan fingerprint density at radius 1 is 1.26 bits per heavy atom. The van der Waals surface area contributed by atoms with E-state index in [1.54, 1.807) is 22.2 Å². The average Bonchev–Trinajstić information content (AvgIpc) is 3.39. The third-order valence-corrected chi connectivity index (χ3v) is 6.19. The van der Waals surface area contributed by atoms with E-state index < -0.39 is 0 Å². The van der Waals surface area contributed by atoms with Crippen LogP contribution in [0.3, 0.4) is 0 Å². The van der Waals surface area contributed by atoms with Crippen molar-refractivity contribution in [3.05, 3.63) is 69.5 Å². The average molecular weight is 401 g/mol. The van der Waals surface area contributed by atoms with Gasteiger partial charge in [0.05, 0.1) is 19.3 Å². The predicted octanol–water partition coefficient (Wildman–Crippen LogP) is 4.42. The maximum atomic E-state index is 12.6. The lowest BCUT2D eigenvalue weighted by molar-refractivity contribution is -0.117. The number of hydrogen-bond acceptors (Lipinski definition) is 4. The molecule has 3 heterocycles. The standard InChI is InChI=1S/C20H21ClN4OS/c21-16-6-2-1-5-15(16)13-25-19(9-10-22-25)23-20(26)14-24-11-3-7-17(24)18-8-4-12-27-18/h1-2,4-6,8-10,12,17H,3,7,11,13-14H2,(H,23,26). The summed E-state index contributed by atoms with van der Waals surface area (Å²) >= 11 is 8.00. The van der Waals surface area contributed by atoms with Gasteiger partial charge >= 0.3 is 0 Å². The second-order valence-corrected chi connectivity index (χ2v) is 8.04. The molecule has 0 aliphatic carbocycles. The molecule has 1 atom stereocenters. The van der Waals surface area contributed by atoms with Crippen LogP contribution in [0.25, 0.3) is 0 Å². The van der Waals surface area contributed by atoms with Gasteiger partial charge in [-0.05, 0) is 42.5 Å². The van der Waals surface area contributed by atoms with Crippen LogP contribution in [-0.2, 0) is 11.3 Å². The number of benzene rings is 1. The van der Waals surface area contributed by atoms with Gasteiger partial charge in [0.2, 0.25) is 5.91 Å². The number of rotatable bonds is 6. The topological polar surface area (TPSA) is 50.2 Å². The van der Waals surface area contributed by atoms with Crippen molar-refractivity contribution >= 4 is 34.7 Å². The summed E-state index contributed by atoms with van der Waals surface area (Å²) in [5.41, 5.74) is 0.968. The molecule has 3 aromatic rings. The van der Waals surface area contributed by atoms with E-state index in [4.69, 9.17) is 11.6 Å². The lowest BCUT2D eigenvalue weighted by atomic mass is 10.2. The Morgan fingerprint density at radius 3 is 2.96 bits per heavy atom. The fourth-order valence-electron chi connectivity index (χ4n) is 3.54. The number of amides is 1. The molecule has 5 nitrogen and oxygen atoms in total. The summed E-state index contributed by atoms with van der Waals surface area (Å²) in [6.07, 6.45) is 3.93. The fraction of sp³-hybridized carbons (Fsp3) is 0.300. The lowest BCUT2D eigenvalue weighted by Crippen LogP contribution is -2.33. The first-order valence-corrected chi connectivity index (χ1v) is 10.3. The molecule has 7 heteroatoms.